The Morgan fingerprint density at radius 3 is 2.50 bits per heavy atom. The van der Waals surface area contributed by atoms with Crippen LogP contribution in [-0.4, -0.2) is 29.4 Å². The van der Waals surface area contributed by atoms with Gasteiger partial charge in [0.1, 0.15) is 18.5 Å². The lowest BCUT2D eigenvalue weighted by Crippen LogP contribution is -2.29. The van der Waals surface area contributed by atoms with Gasteiger partial charge in [0.15, 0.2) is 6.10 Å². The maximum Gasteiger partial charge on any atom is 0.335 e. The highest BCUT2D eigenvalue weighted by atomic mass is 16.5. The summed E-state index contributed by atoms with van der Waals surface area (Å²) in [6.07, 6.45) is -2.58. The number of aliphatic hydroxyl groups is 1. The topological polar surface area (TPSA) is 76.0 Å². The van der Waals surface area contributed by atoms with E-state index in [1.165, 1.54) is 7.11 Å². The summed E-state index contributed by atoms with van der Waals surface area (Å²) in [6, 6.07) is 16.4. The van der Waals surface area contributed by atoms with Gasteiger partial charge < -0.3 is 19.7 Å². The van der Waals surface area contributed by atoms with Crippen LogP contribution in [0.1, 0.15) is 17.2 Å². The van der Waals surface area contributed by atoms with Crippen LogP contribution in [0.2, 0.25) is 0 Å². The number of ether oxygens (including phenoxy) is 2. The summed E-state index contributed by atoms with van der Waals surface area (Å²) >= 11 is 0. The minimum Gasteiger partial charge on any atom is -0.489 e. The molecule has 0 aliphatic heterocycles. The Bertz CT molecular complexity index is 611. The molecule has 0 radical (unpaired) electrons. The zero-order valence-electron chi connectivity index (χ0n) is 12.2. The number of carbonyl (C=O) groups is 1. The predicted octanol–water partition coefficient (Wildman–Crippen LogP) is 2.40. The smallest absolute Gasteiger partial charge is 0.335 e. The van der Waals surface area contributed by atoms with Crippen molar-refractivity contribution in [3.05, 3.63) is 65.7 Å². The second kappa shape index (κ2) is 7.59. The van der Waals surface area contributed by atoms with Crippen LogP contribution in [-0.2, 0) is 16.1 Å². The lowest BCUT2D eigenvalue weighted by atomic mass is 10.0. The van der Waals surface area contributed by atoms with E-state index in [0.717, 1.165) is 5.56 Å². The number of aliphatic hydroxyl groups excluding tert-OH is 1. The van der Waals surface area contributed by atoms with Gasteiger partial charge >= 0.3 is 5.97 Å². The number of carboxylic acid groups (broad SMARTS) is 1. The first-order chi connectivity index (χ1) is 10.6. The molecule has 2 unspecified atom stereocenters. The monoisotopic (exact) mass is 302 g/mol. The molecule has 2 N–H and O–H groups in total. The normalized spacial score (nSPS) is 13.4. The molecule has 22 heavy (non-hydrogen) atoms. The molecular weight excluding hydrogens is 284 g/mol. The largest absolute Gasteiger partial charge is 0.489 e. The average Bonchev–Trinajstić information content (AvgIpc) is 2.54. The fourth-order valence-corrected chi connectivity index (χ4v) is 2.07. The number of rotatable bonds is 7. The predicted molar refractivity (Wildman–Crippen MR) is 80.6 cm³/mol. The molecule has 0 aliphatic carbocycles. The van der Waals surface area contributed by atoms with Gasteiger partial charge in [0.2, 0.25) is 0 Å². The Kier molecular flexibility index (Phi) is 5.52. The molecule has 0 spiro atoms. The molecule has 0 aromatic heterocycles. The van der Waals surface area contributed by atoms with Gasteiger partial charge in [-0.15, -0.1) is 0 Å². The van der Waals surface area contributed by atoms with Crippen LogP contribution in [0.15, 0.2) is 54.6 Å². The third kappa shape index (κ3) is 4.07. The van der Waals surface area contributed by atoms with E-state index in [2.05, 4.69) is 0 Å². The zero-order valence-corrected chi connectivity index (χ0v) is 12.2. The van der Waals surface area contributed by atoms with E-state index < -0.39 is 18.2 Å². The van der Waals surface area contributed by atoms with Crippen LogP contribution in [0.25, 0.3) is 0 Å². The van der Waals surface area contributed by atoms with Crippen LogP contribution in [0, 0.1) is 0 Å². The molecule has 0 fully saturated rings. The lowest BCUT2D eigenvalue weighted by molar-refractivity contribution is -0.155. The van der Waals surface area contributed by atoms with E-state index in [1.54, 1.807) is 24.3 Å². The van der Waals surface area contributed by atoms with E-state index in [1.807, 2.05) is 30.3 Å². The number of hydrogen-bond donors (Lipinski definition) is 2. The van der Waals surface area contributed by atoms with Crippen molar-refractivity contribution in [2.24, 2.45) is 0 Å². The second-order valence-electron chi connectivity index (χ2n) is 4.79. The third-order valence-corrected chi connectivity index (χ3v) is 3.23. The first kappa shape index (κ1) is 16.0. The Morgan fingerprint density at radius 1 is 1.14 bits per heavy atom. The molecule has 0 aliphatic rings. The third-order valence-electron chi connectivity index (χ3n) is 3.23. The van der Waals surface area contributed by atoms with Crippen LogP contribution in [0.3, 0.4) is 0 Å². The van der Waals surface area contributed by atoms with Crippen LogP contribution >= 0.6 is 0 Å². The van der Waals surface area contributed by atoms with E-state index >= 15 is 0 Å². The highest BCUT2D eigenvalue weighted by Gasteiger charge is 2.27. The van der Waals surface area contributed by atoms with Crippen molar-refractivity contribution >= 4 is 5.97 Å². The van der Waals surface area contributed by atoms with Crippen LogP contribution in [0.4, 0.5) is 0 Å². The number of aliphatic carboxylic acids is 1. The maximum atomic E-state index is 11.0. The van der Waals surface area contributed by atoms with Gasteiger partial charge in [-0.05, 0) is 23.3 Å². The van der Waals surface area contributed by atoms with Crippen molar-refractivity contribution in [1.82, 2.24) is 0 Å². The van der Waals surface area contributed by atoms with Gasteiger partial charge in [-0.1, -0.05) is 42.5 Å². The highest BCUT2D eigenvalue weighted by Crippen LogP contribution is 2.24. The van der Waals surface area contributed by atoms with Crippen LogP contribution in [0.5, 0.6) is 5.75 Å². The molecule has 2 atom stereocenters. The van der Waals surface area contributed by atoms with E-state index in [-0.39, 0.29) is 0 Å². The van der Waals surface area contributed by atoms with Gasteiger partial charge in [-0.3, -0.25) is 0 Å². The Balaban J connectivity index is 2.07. The first-order valence-corrected chi connectivity index (χ1v) is 6.82. The van der Waals surface area contributed by atoms with Crippen molar-refractivity contribution in [3.8, 4) is 5.75 Å². The molecular formula is C17H18O5. The van der Waals surface area contributed by atoms with Gasteiger partial charge in [0.25, 0.3) is 0 Å². The summed E-state index contributed by atoms with van der Waals surface area (Å²) in [6.45, 7) is 0.396. The van der Waals surface area contributed by atoms with Crippen molar-refractivity contribution in [1.29, 1.82) is 0 Å². The fourth-order valence-electron chi connectivity index (χ4n) is 2.07. The quantitative estimate of drug-likeness (QED) is 0.821. The van der Waals surface area contributed by atoms with Crippen molar-refractivity contribution in [2.45, 2.75) is 18.8 Å². The molecule has 116 valence electrons. The number of methoxy groups -OCH3 is 1. The summed E-state index contributed by atoms with van der Waals surface area (Å²) < 4.78 is 10.5. The fraction of sp³-hybridized carbons (Fsp3) is 0.235. The Labute approximate surface area is 128 Å². The maximum absolute atomic E-state index is 11.0. The number of hydrogen-bond acceptors (Lipinski definition) is 4. The molecule has 2 aromatic rings. The molecule has 5 heteroatoms. The SMILES string of the molecule is COC(C(=O)O)C(O)c1cccc(OCc2ccccc2)c1. The van der Waals surface area contributed by atoms with Gasteiger partial charge in [-0.25, -0.2) is 4.79 Å². The lowest BCUT2D eigenvalue weighted by Gasteiger charge is -2.18. The van der Waals surface area contributed by atoms with Crippen molar-refractivity contribution in [3.63, 3.8) is 0 Å². The number of benzene rings is 2. The summed E-state index contributed by atoms with van der Waals surface area (Å²) in [5.41, 5.74) is 1.45. The van der Waals surface area contributed by atoms with Gasteiger partial charge in [-0.2, -0.15) is 0 Å². The minimum atomic E-state index is -1.32. The molecule has 0 saturated carbocycles. The van der Waals surface area contributed by atoms with Crippen molar-refractivity contribution in [2.75, 3.05) is 7.11 Å². The highest BCUT2D eigenvalue weighted by molar-refractivity contribution is 5.73. The van der Waals surface area contributed by atoms with Gasteiger partial charge in [0, 0.05) is 7.11 Å². The summed E-state index contributed by atoms with van der Waals surface area (Å²) in [5.74, 6) is -0.661. The Hall–Kier alpha value is -2.37. The summed E-state index contributed by atoms with van der Waals surface area (Å²) in [5, 5.41) is 19.1. The standard InChI is InChI=1S/C17H18O5/c1-21-16(17(19)20)15(18)13-8-5-9-14(10-13)22-11-12-6-3-2-4-7-12/h2-10,15-16,18H,11H2,1H3,(H,19,20). The number of carboxylic acids is 1. The second-order valence-corrected chi connectivity index (χ2v) is 4.79. The molecule has 0 amide bonds. The molecule has 2 rings (SSSR count). The molecule has 0 heterocycles. The average molecular weight is 302 g/mol. The molecule has 2 aromatic carbocycles. The van der Waals surface area contributed by atoms with E-state index in [4.69, 9.17) is 14.6 Å². The van der Waals surface area contributed by atoms with E-state index in [0.29, 0.717) is 17.9 Å². The van der Waals surface area contributed by atoms with Gasteiger partial charge in [0.05, 0.1) is 0 Å². The molecule has 0 bridgehead atoms. The van der Waals surface area contributed by atoms with Crippen LogP contribution < -0.4 is 4.74 Å². The zero-order chi connectivity index (χ0) is 15.9. The minimum absolute atomic E-state index is 0.396. The van der Waals surface area contributed by atoms with Crippen molar-refractivity contribution < 1.29 is 24.5 Å². The van der Waals surface area contributed by atoms with E-state index in [9.17, 15) is 9.90 Å². The molecule has 5 nitrogen and oxygen atoms in total. The molecule has 0 saturated heterocycles. The summed E-state index contributed by atoms with van der Waals surface area (Å²) in [7, 11) is 1.25. The summed E-state index contributed by atoms with van der Waals surface area (Å²) in [4.78, 5) is 11.0. The Morgan fingerprint density at radius 2 is 1.86 bits per heavy atom. The first-order valence-electron chi connectivity index (χ1n) is 6.82.